The number of hydrogen-bond acceptors (Lipinski definition) is 5. The normalized spacial score (nSPS) is 20.2. The van der Waals surface area contributed by atoms with Crippen molar-refractivity contribution >= 4 is 35.0 Å². The highest BCUT2D eigenvalue weighted by molar-refractivity contribution is 6.34. The van der Waals surface area contributed by atoms with Crippen LogP contribution in [-0.4, -0.2) is 53.2 Å². The number of benzene rings is 1. The van der Waals surface area contributed by atoms with Gasteiger partial charge in [0.25, 0.3) is 0 Å². The van der Waals surface area contributed by atoms with E-state index in [4.69, 9.17) is 28.2 Å². The maximum Gasteiger partial charge on any atom is 0.305 e. The van der Waals surface area contributed by atoms with Crippen LogP contribution in [0.25, 0.3) is 0 Å². The van der Waals surface area contributed by atoms with Gasteiger partial charge in [-0.3, -0.25) is 4.79 Å². The molecule has 1 aromatic carbocycles. The summed E-state index contributed by atoms with van der Waals surface area (Å²) in [5, 5.41) is 17.4. The number of aryl methyl sites for hydroxylation is 2. The van der Waals surface area contributed by atoms with Gasteiger partial charge in [0.05, 0.1) is 6.42 Å². The maximum atomic E-state index is 11.4. The first kappa shape index (κ1) is 23.9. The largest absolute Gasteiger partial charge is 0.481 e. The van der Waals surface area contributed by atoms with Gasteiger partial charge in [-0.05, 0) is 85.9 Å². The molecular weight excluding hydrogens is 471 g/mol. The summed E-state index contributed by atoms with van der Waals surface area (Å²) < 4.78 is 0. The number of fused-ring (bicyclic) bond motifs is 1. The number of carboxylic acids is 1. The Morgan fingerprint density at radius 1 is 1.24 bits per heavy atom. The molecule has 1 spiro atoms. The monoisotopic (exact) mass is 502 g/mol. The molecule has 0 radical (unpaired) electrons. The van der Waals surface area contributed by atoms with Gasteiger partial charge in [-0.15, -0.1) is 0 Å². The minimum absolute atomic E-state index is 0.0124. The van der Waals surface area contributed by atoms with Gasteiger partial charge in [0, 0.05) is 47.5 Å². The topological polar surface area (TPSA) is 77.5 Å². The third-order valence-corrected chi connectivity index (χ3v) is 7.88. The van der Waals surface area contributed by atoms with E-state index in [1.54, 1.807) is 18.2 Å². The zero-order chi connectivity index (χ0) is 23.7. The number of rotatable bonds is 9. The third-order valence-electron chi connectivity index (χ3n) is 7.44. The number of aliphatic carboxylic acids is 1. The number of nitrogens with zero attached hydrogens (tertiary/aromatic N) is 2. The van der Waals surface area contributed by atoms with E-state index in [1.165, 1.54) is 17.7 Å². The smallest absolute Gasteiger partial charge is 0.305 e. The van der Waals surface area contributed by atoms with Crippen molar-refractivity contribution in [2.45, 2.75) is 57.0 Å². The first-order chi connectivity index (χ1) is 16.4. The Kier molecular flexibility index (Phi) is 7.03. The van der Waals surface area contributed by atoms with Crippen LogP contribution in [0.2, 0.25) is 10.0 Å². The lowest BCUT2D eigenvalue weighted by Crippen LogP contribution is -2.66. The van der Waals surface area contributed by atoms with Crippen molar-refractivity contribution in [3.05, 3.63) is 57.2 Å². The minimum atomic E-state index is -0.832. The van der Waals surface area contributed by atoms with Gasteiger partial charge in [0.2, 0.25) is 0 Å². The molecule has 3 N–H and O–H groups in total. The average Bonchev–Trinajstić information content (AvgIpc) is 2.74. The Morgan fingerprint density at radius 3 is 2.74 bits per heavy atom. The molecule has 2 aromatic rings. The second-order valence-corrected chi connectivity index (χ2v) is 11.2. The van der Waals surface area contributed by atoms with Crippen molar-refractivity contribution in [1.82, 2.24) is 15.2 Å². The molecule has 0 unspecified atom stereocenters. The summed E-state index contributed by atoms with van der Waals surface area (Å²) in [5.41, 5.74) is 3.76. The van der Waals surface area contributed by atoms with Crippen molar-refractivity contribution in [3.8, 4) is 0 Å². The van der Waals surface area contributed by atoms with E-state index in [9.17, 15) is 9.90 Å². The number of anilines is 1. The third kappa shape index (κ3) is 5.51. The lowest BCUT2D eigenvalue weighted by atomic mass is 9.60. The number of hydrogen-bond donors (Lipinski definition) is 3. The quantitative estimate of drug-likeness (QED) is 0.450. The Morgan fingerprint density at radius 2 is 2.00 bits per heavy atom. The fourth-order valence-corrected chi connectivity index (χ4v) is 6.47. The van der Waals surface area contributed by atoms with Crippen LogP contribution in [0.1, 0.15) is 55.0 Å². The van der Waals surface area contributed by atoms with Crippen molar-refractivity contribution in [2.75, 3.05) is 31.5 Å². The van der Waals surface area contributed by atoms with Gasteiger partial charge in [-0.2, -0.15) is 0 Å². The molecule has 0 bridgehead atoms. The lowest BCUT2D eigenvalue weighted by Gasteiger charge is -2.60. The molecule has 182 valence electrons. The summed E-state index contributed by atoms with van der Waals surface area (Å²) in [4.78, 5) is 18.8. The standard InChI is InChI=1S/C26H32Cl2N4O2/c27-19-9-18(10-20(28)11-19)23(12-24(33)34)30-22-13-26(14-22)15-32(16-26)8-2-4-21-6-5-17-3-1-7-29-25(17)31-21/h5-6,9-11,22-23,30H,1-4,7-8,12-16H2,(H,29,31)(H,33,34)/t23-/m0/s1. The van der Waals surface area contributed by atoms with Crippen molar-refractivity contribution in [2.24, 2.45) is 5.41 Å². The van der Waals surface area contributed by atoms with Crippen molar-refractivity contribution in [1.29, 1.82) is 0 Å². The Hall–Kier alpha value is -1.86. The molecule has 1 atom stereocenters. The summed E-state index contributed by atoms with van der Waals surface area (Å²) in [6.07, 6.45) is 6.65. The summed E-state index contributed by atoms with van der Waals surface area (Å²) in [5.74, 6) is 0.252. The number of carboxylic acid groups (broad SMARTS) is 1. The molecule has 1 saturated carbocycles. The van der Waals surface area contributed by atoms with Gasteiger partial charge >= 0.3 is 5.97 Å². The molecule has 0 amide bonds. The van der Waals surface area contributed by atoms with Gasteiger partial charge in [-0.25, -0.2) is 4.98 Å². The highest BCUT2D eigenvalue weighted by atomic mass is 35.5. The number of likely N-dealkylation sites (tertiary alicyclic amines) is 1. The molecule has 8 heteroatoms. The molecular formula is C26H32Cl2N4O2. The van der Waals surface area contributed by atoms with E-state index >= 15 is 0 Å². The molecule has 1 aromatic heterocycles. The highest BCUT2D eigenvalue weighted by Gasteiger charge is 2.52. The van der Waals surface area contributed by atoms with Crippen LogP contribution in [0.5, 0.6) is 0 Å². The predicted octanol–water partition coefficient (Wildman–Crippen LogP) is 4.95. The molecule has 5 rings (SSSR count). The van der Waals surface area contributed by atoms with E-state index in [0.29, 0.717) is 21.5 Å². The lowest BCUT2D eigenvalue weighted by molar-refractivity contribution is -0.138. The summed E-state index contributed by atoms with van der Waals surface area (Å²) in [7, 11) is 0. The maximum absolute atomic E-state index is 11.4. The fourth-order valence-electron chi connectivity index (χ4n) is 5.92. The Bertz CT molecular complexity index is 1030. The minimum Gasteiger partial charge on any atom is -0.481 e. The SMILES string of the molecule is O=C(O)C[C@H](NC1CC2(C1)CN(CCCc1ccc3c(n1)NCCC3)C2)c1cc(Cl)cc(Cl)c1. The van der Waals surface area contributed by atoms with Crippen LogP contribution in [0.15, 0.2) is 30.3 Å². The molecule has 6 nitrogen and oxygen atoms in total. The van der Waals surface area contributed by atoms with E-state index in [0.717, 1.165) is 69.7 Å². The van der Waals surface area contributed by atoms with Gasteiger partial charge < -0.3 is 20.6 Å². The molecule has 3 aliphatic rings. The van der Waals surface area contributed by atoms with Crippen LogP contribution in [-0.2, 0) is 17.6 Å². The number of pyridine rings is 1. The zero-order valence-electron chi connectivity index (χ0n) is 19.3. The Labute approximate surface area is 211 Å². The van der Waals surface area contributed by atoms with Gasteiger partial charge in [0.1, 0.15) is 5.82 Å². The molecule has 3 heterocycles. The Balaban J connectivity index is 1.06. The molecule has 34 heavy (non-hydrogen) atoms. The number of halogens is 2. The molecule has 1 aliphatic carbocycles. The van der Waals surface area contributed by atoms with Crippen LogP contribution in [0.3, 0.4) is 0 Å². The molecule has 2 aliphatic heterocycles. The predicted molar refractivity (Wildman–Crippen MR) is 136 cm³/mol. The first-order valence-electron chi connectivity index (χ1n) is 12.3. The van der Waals surface area contributed by atoms with Crippen LogP contribution >= 0.6 is 23.2 Å². The van der Waals surface area contributed by atoms with Crippen LogP contribution in [0.4, 0.5) is 5.82 Å². The van der Waals surface area contributed by atoms with Gasteiger partial charge in [-0.1, -0.05) is 29.3 Å². The summed E-state index contributed by atoms with van der Waals surface area (Å²) >= 11 is 12.3. The fraction of sp³-hybridized carbons (Fsp3) is 0.538. The zero-order valence-corrected chi connectivity index (χ0v) is 20.8. The summed E-state index contributed by atoms with van der Waals surface area (Å²) in [6, 6.07) is 9.75. The van der Waals surface area contributed by atoms with E-state index in [1.807, 2.05) is 0 Å². The van der Waals surface area contributed by atoms with Gasteiger partial charge in [0.15, 0.2) is 0 Å². The number of nitrogens with one attached hydrogen (secondary N) is 2. The first-order valence-corrected chi connectivity index (χ1v) is 13.0. The van der Waals surface area contributed by atoms with Crippen molar-refractivity contribution in [3.63, 3.8) is 0 Å². The molecule has 1 saturated heterocycles. The average molecular weight is 503 g/mol. The van der Waals surface area contributed by atoms with Crippen LogP contribution in [0, 0.1) is 5.41 Å². The second kappa shape index (κ2) is 10.0. The highest BCUT2D eigenvalue weighted by Crippen LogP contribution is 2.49. The molecule has 2 fully saturated rings. The van der Waals surface area contributed by atoms with E-state index < -0.39 is 5.97 Å². The van der Waals surface area contributed by atoms with Crippen molar-refractivity contribution < 1.29 is 9.90 Å². The summed E-state index contributed by atoms with van der Waals surface area (Å²) in [6.45, 7) is 4.40. The second-order valence-electron chi connectivity index (χ2n) is 10.3. The van der Waals surface area contributed by atoms with Crippen LogP contribution < -0.4 is 10.6 Å². The van der Waals surface area contributed by atoms with E-state index in [2.05, 4.69) is 27.7 Å². The van der Waals surface area contributed by atoms with E-state index in [-0.39, 0.29) is 12.5 Å². The number of carbonyl (C=O) groups is 1. The number of aromatic nitrogens is 1.